The molecule has 0 aliphatic carbocycles. The van der Waals surface area contributed by atoms with Crippen LogP contribution in [0.4, 0.5) is 0 Å². The number of rotatable bonds is 33. The standard InChI is InChI=1S/C48H78N10O15/c1-10-25(7)38(58-44(68)32(20-35(49)61)53-45(69)37(50)27(9)60)46(70)54-30(18-24(5)6)43(67)57-39(26(8)11-2)47(71)55-33(21-36(62)63)42(66)51-29(17-23(3)4)40(64)52-31(19-28-15-13-12-14-16-28)41(65)56-34(22-59)48(72)73/h12-16,23-27,29-34,37-39,59-60H,10-11,17-22,50H2,1-9H3,(H2,49,61)(H,51,66)(H,52,64)(H,53,69)(H,54,70)(H,55,71)(H,56,65)(H,57,67)(H,58,68)(H,62,63)(H,72,73)/t25-,26-,27+,29-,30-,31-,32-,33-,34-,37-,38-,39-/m0/s1. The fourth-order valence-corrected chi connectivity index (χ4v) is 7.18. The van der Waals surface area contributed by atoms with Crippen molar-refractivity contribution in [2.24, 2.45) is 35.1 Å². The highest BCUT2D eigenvalue weighted by Gasteiger charge is 2.38. The number of primary amides is 1. The number of nitrogens with one attached hydrogen (secondary N) is 8. The summed E-state index contributed by atoms with van der Waals surface area (Å²) in [6.07, 6.45) is -2.62. The minimum atomic E-state index is -1.84. The molecule has 25 heteroatoms. The number of carbonyl (C=O) groups excluding carboxylic acids is 9. The molecule has 0 radical (unpaired) electrons. The van der Waals surface area contributed by atoms with E-state index in [1.807, 2.05) is 0 Å². The van der Waals surface area contributed by atoms with Crippen molar-refractivity contribution in [3.8, 4) is 0 Å². The highest BCUT2D eigenvalue weighted by Crippen LogP contribution is 2.15. The van der Waals surface area contributed by atoms with Crippen LogP contribution in [-0.4, -0.2) is 153 Å². The molecule has 1 aromatic carbocycles. The minimum absolute atomic E-state index is 0.00394. The van der Waals surface area contributed by atoms with Crippen molar-refractivity contribution in [2.75, 3.05) is 6.61 Å². The maximum Gasteiger partial charge on any atom is 0.328 e. The van der Waals surface area contributed by atoms with E-state index in [0.717, 1.165) is 0 Å². The molecule has 1 rings (SSSR count). The Morgan fingerprint density at radius 2 is 0.877 bits per heavy atom. The Morgan fingerprint density at radius 1 is 0.507 bits per heavy atom. The van der Waals surface area contributed by atoms with Crippen LogP contribution < -0.4 is 54.0 Å². The van der Waals surface area contributed by atoms with E-state index >= 15 is 0 Å². The SMILES string of the molecule is CC[C@H](C)[C@H](NC(=O)[C@H](CC(C)C)NC(=O)[C@@H](NC(=O)[C@H](CC(N)=O)NC(=O)[C@@H](N)[C@@H](C)O)[C@@H](C)CC)C(=O)N[C@@H](CC(=O)O)C(=O)N[C@@H](CC(C)C)C(=O)N[C@@H](Cc1ccccc1)C(=O)N[C@@H](CO)C(=O)O. The van der Waals surface area contributed by atoms with Gasteiger partial charge in [0, 0.05) is 6.42 Å². The Balaban J connectivity index is 3.51. The molecule has 0 saturated heterocycles. The van der Waals surface area contributed by atoms with Crippen LogP contribution in [0.5, 0.6) is 0 Å². The Kier molecular flexibility index (Phi) is 27.9. The van der Waals surface area contributed by atoms with E-state index in [2.05, 4.69) is 42.5 Å². The first-order chi connectivity index (χ1) is 34.1. The number of aliphatic carboxylic acids is 2. The number of hydrogen-bond acceptors (Lipinski definition) is 14. The lowest BCUT2D eigenvalue weighted by atomic mass is 9.95. The van der Waals surface area contributed by atoms with Crippen LogP contribution in [0.3, 0.4) is 0 Å². The Bertz CT molecular complexity index is 2060. The third kappa shape index (κ3) is 22.7. The van der Waals surface area contributed by atoms with Crippen molar-refractivity contribution in [2.45, 2.75) is 168 Å². The van der Waals surface area contributed by atoms with Gasteiger partial charge in [0.25, 0.3) is 0 Å². The molecule has 0 aliphatic rings. The maximum atomic E-state index is 14.2. The van der Waals surface area contributed by atoms with Crippen molar-refractivity contribution in [3.63, 3.8) is 0 Å². The summed E-state index contributed by atoms with van der Waals surface area (Å²) in [5, 5.41) is 58.2. The van der Waals surface area contributed by atoms with Gasteiger partial charge in [-0.05, 0) is 49.0 Å². The average molecular weight is 1040 g/mol. The minimum Gasteiger partial charge on any atom is -0.481 e. The van der Waals surface area contributed by atoms with E-state index < -0.39 is 157 Å². The molecule has 25 nitrogen and oxygen atoms in total. The summed E-state index contributed by atoms with van der Waals surface area (Å²) in [5.41, 5.74) is 11.6. The van der Waals surface area contributed by atoms with Crippen LogP contribution in [0.1, 0.15) is 106 Å². The van der Waals surface area contributed by atoms with Crippen molar-refractivity contribution >= 4 is 65.1 Å². The second-order valence-electron chi connectivity index (χ2n) is 19.1. The predicted octanol–water partition coefficient (Wildman–Crippen LogP) is -2.57. The van der Waals surface area contributed by atoms with Crippen LogP contribution >= 0.6 is 0 Å². The number of aliphatic hydroxyl groups excluding tert-OH is 2. The smallest absolute Gasteiger partial charge is 0.328 e. The number of aliphatic hydroxyl groups is 2. The molecule has 0 bridgehead atoms. The van der Waals surface area contributed by atoms with Crippen LogP contribution in [-0.2, 0) is 59.2 Å². The lowest BCUT2D eigenvalue weighted by Crippen LogP contribution is -2.62. The van der Waals surface area contributed by atoms with E-state index in [1.165, 1.54) is 6.92 Å². The van der Waals surface area contributed by atoms with Crippen molar-refractivity contribution in [1.82, 2.24) is 42.5 Å². The largest absolute Gasteiger partial charge is 0.481 e. The molecule has 16 N–H and O–H groups in total. The molecule has 0 aliphatic heterocycles. The maximum absolute atomic E-state index is 14.2. The topological polar surface area (TPSA) is 417 Å². The van der Waals surface area contributed by atoms with Gasteiger partial charge in [-0.1, -0.05) is 98.6 Å². The summed E-state index contributed by atoms with van der Waals surface area (Å²) < 4.78 is 0. The molecule has 0 heterocycles. The second kappa shape index (κ2) is 31.7. The summed E-state index contributed by atoms with van der Waals surface area (Å²) in [6.45, 7) is 13.9. The lowest BCUT2D eigenvalue weighted by molar-refractivity contribution is -0.143. The molecule has 12 atom stereocenters. The molecular weight excluding hydrogens is 957 g/mol. The van der Waals surface area contributed by atoms with Gasteiger partial charge in [0.1, 0.15) is 54.4 Å². The number of benzene rings is 1. The summed E-state index contributed by atoms with van der Waals surface area (Å²) in [7, 11) is 0. The van der Waals surface area contributed by atoms with E-state index in [4.69, 9.17) is 11.5 Å². The van der Waals surface area contributed by atoms with Crippen LogP contribution in [0, 0.1) is 23.7 Å². The Labute approximate surface area is 425 Å². The zero-order valence-electron chi connectivity index (χ0n) is 43.1. The van der Waals surface area contributed by atoms with Gasteiger partial charge in [-0.15, -0.1) is 0 Å². The Morgan fingerprint density at radius 3 is 1.29 bits per heavy atom. The quantitative estimate of drug-likeness (QED) is 0.0344. The molecule has 410 valence electrons. The van der Waals surface area contributed by atoms with Crippen LogP contribution in [0.15, 0.2) is 30.3 Å². The molecule has 0 aromatic heterocycles. The highest BCUT2D eigenvalue weighted by atomic mass is 16.4. The summed E-state index contributed by atoms with van der Waals surface area (Å²) in [6, 6.07) is -5.27. The average Bonchev–Trinajstić information content (AvgIpc) is 3.31. The van der Waals surface area contributed by atoms with Gasteiger partial charge in [-0.2, -0.15) is 0 Å². The highest BCUT2D eigenvalue weighted by molar-refractivity contribution is 5.99. The van der Waals surface area contributed by atoms with E-state index in [9.17, 15) is 73.2 Å². The molecule has 0 saturated carbocycles. The normalized spacial score (nSPS) is 16.2. The lowest BCUT2D eigenvalue weighted by Gasteiger charge is -2.31. The molecule has 0 unspecified atom stereocenters. The number of amides is 9. The van der Waals surface area contributed by atoms with Gasteiger partial charge in [0.2, 0.25) is 53.2 Å². The predicted molar refractivity (Wildman–Crippen MR) is 264 cm³/mol. The first-order valence-corrected chi connectivity index (χ1v) is 24.3. The molecule has 0 fully saturated rings. The van der Waals surface area contributed by atoms with E-state index in [1.54, 1.807) is 85.7 Å². The van der Waals surface area contributed by atoms with Gasteiger partial charge in [-0.25, -0.2) is 4.79 Å². The Hall–Kier alpha value is -6.73. The van der Waals surface area contributed by atoms with Crippen LogP contribution in [0.25, 0.3) is 0 Å². The number of carboxylic acids is 2. The zero-order valence-corrected chi connectivity index (χ0v) is 43.1. The summed E-state index contributed by atoms with van der Waals surface area (Å²) >= 11 is 0. The monoisotopic (exact) mass is 1030 g/mol. The fraction of sp³-hybridized carbons (Fsp3) is 0.646. The molecule has 9 amide bonds. The van der Waals surface area contributed by atoms with Crippen molar-refractivity contribution < 1.29 is 73.2 Å². The van der Waals surface area contributed by atoms with Gasteiger partial charge in [-0.3, -0.25) is 47.9 Å². The van der Waals surface area contributed by atoms with Crippen LogP contribution in [0.2, 0.25) is 0 Å². The molecular formula is C48H78N10O15. The number of nitrogens with two attached hydrogens (primary N) is 2. The van der Waals surface area contributed by atoms with Gasteiger partial charge in [0.15, 0.2) is 0 Å². The van der Waals surface area contributed by atoms with Crippen molar-refractivity contribution in [3.05, 3.63) is 35.9 Å². The summed E-state index contributed by atoms with van der Waals surface area (Å²) in [4.78, 5) is 145. The van der Waals surface area contributed by atoms with E-state index in [0.29, 0.717) is 12.0 Å². The van der Waals surface area contributed by atoms with Crippen molar-refractivity contribution in [1.29, 1.82) is 0 Å². The second-order valence-corrected chi connectivity index (χ2v) is 19.1. The van der Waals surface area contributed by atoms with Gasteiger partial charge in [0.05, 0.1) is 25.6 Å². The molecule has 1 aromatic rings. The fourth-order valence-electron chi connectivity index (χ4n) is 7.18. The summed E-state index contributed by atoms with van der Waals surface area (Å²) in [5.74, 6) is -13.5. The number of hydrogen-bond donors (Lipinski definition) is 14. The van der Waals surface area contributed by atoms with Gasteiger partial charge >= 0.3 is 11.9 Å². The first kappa shape index (κ1) is 64.3. The third-order valence-corrected chi connectivity index (χ3v) is 11.9. The first-order valence-electron chi connectivity index (χ1n) is 24.3. The van der Waals surface area contributed by atoms with E-state index in [-0.39, 0.29) is 37.5 Å². The zero-order chi connectivity index (χ0) is 55.9. The number of carbonyl (C=O) groups is 11. The number of carboxylic acid groups (broad SMARTS) is 2. The molecule has 0 spiro atoms. The molecule has 73 heavy (non-hydrogen) atoms. The third-order valence-electron chi connectivity index (χ3n) is 11.9. The van der Waals surface area contributed by atoms with Gasteiger partial charge < -0.3 is 74.4 Å².